The largest absolute Gasteiger partial charge is 0.487 e. The van der Waals surface area contributed by atoms with Crippen molar-refractivity contribution < 1.29 is 14.3 Å². The molecule has 0 atom stereocenters. The zero-order valence-corrected chi connectivity index (χ0v) is 11.9. The van der Waals surface area contributed by atoms with Crippen molar-refractivity contribution in [2.24, 2.45) is 0 Å². The highest BCUT2D eigenvalue weighted by atomic mass is 16.5. The van der Waals surface area contributed by atoms with Gasteiger partial charge in [0.15, 0.2) is 0 Å². The van der Waals surface area contributed by atoms with Crippen LogP contribution in [0.25, 0.3) is 6.08 Å². The molecule has 2 rings (SSSR count). The second kappa shape index (κ2) is 5.08. The van der Waals surface area contributed by atoms with Gasteiger partial charge in [0.2, 0.25) is 0 Å². The third-order valence-electron chi connectivity index (χ3n) is 3.09. The molecule has 0 radical (unpaired) electrons. The summed E-state index contributed by atoms with van der Waals surface area (Å²) < 4.78 is 11.0. The van der Waals surface area contributed by atoms with Crippen molar-refractivity contribution in [2.45, 2.75) is 39.7 Å². The number of benzene rings is 1. The molecule has 102 valence electrons. The van der Waals surface area contributed by atoms with Gasteiger partial charge in [-0.15, -0.1) is 0 Å². The zero-order valence-electron chi connectivity index (χ0n) is 11.9. The second-order valence-electron chi connectivity index (χ2n) is 5.42. The van der Waals surface area contributed by atoms with Crippen LogP contribution in [0.15, 0.2) is 23.8 Å². The fourth-order valence-electron chi connectivity index (χ4n) is 2.29. The number of ether oxygens (including phenoxy) is 2. The van der Waals surface area contributed by atoms with Crippen LogP contribution in [-0.2, 0) is 16.0 Å². The van der Waals surface area contributed by atoms with Gasteiger partial charge >= 0.3 is 5.97 Å². The van der Waals surface area contributed by atoms with Crippen molar-refractivity contribution in [3.8, 4) is 5.75 Å². The van der Waals surface area contributed by atoms with Gasteiger partial charge in [-0.3, -0.25) is 0 Å². The number of esters is 1. The molecule has 1 aliphatic heterocycles. The minimum absolute atomic E-state index is 0.176. The molecule has 0 aromatic heterocycles. The number of fused-ring (bicyclic) bond motifs is 1. The van der Waals surface area contributed by atoms with Gasteiger partial charge in [0, 0.05) is 17.6 Å². The second-order valence-corrected chi connectivity index (χ2v) is 5.42. The van der Waals surface area contributed by atoms with E-state index in [2.05, 4.69) is 19.9 Å². The van der Waals surface area contributed by atoms with E-state index in [4.69, 9.17) is 9.47 Å². The molecule has 1 aromatic rings. The van der Waals surface area contributed by atoms with Gasteiger partial charge in [0.1, 0.15) is 11.4 Å². The van der Waals surface area contributed by atoms with E-state index in [1.165, 1.54) is 5.56 Å². The van der Waals surface area contributed by atoms with Crippen LogP contribution in [0.4, 0.5) is 0 Å². The third-order valence-corrected chi connectivity index (χ3v) is 3.09. The molecule has 0 saturated heterocycles. The standard InChI is InChI=1S/C16H20O3/c1-5-18-15(17)11(2)9-12-7-6-8-13-10-16(3,4)19-14(12)13/h6-9H,5,10H2,1-4H3/b11-9+. The fourth-order valence-corrected chi connectivity index (χ4v) is 2.29. The molecule has 1 aliphatic rings. The SMILES string of the molecule is CCOC(=O)/C(C)=C/c1cccc2c1OC(C)(C)C2. The monoisotopic (exact) mass is 260 g/mol. The summed E-state index contributed by atoms with van der Waals surface area (Å²) >= 11 is 0. The molecule has 0 spiro atoms. The Morgan fingerprint density at radius 1 is 1.47 bits per heavy atom. The Kier molecular flexibility index (Phi) is 3.65. The van der Waals surface area contributed by atoms with Crippen molar-refractivity contribution >= 4 is 12.0 Å². The molecule has 0 fully saturated rings. The van der Waals surface area contributed by atoms with Crippen LogP contribution in [-0.4, -0.2) is 18.2 Å². The van der Waals surface area contributed by atoms with E-state index in [1.54, 1.807) is 13.8 Å². The Morgan fingerprint density at radius 2 is 2.21 bits per heavy atom. The van der Waals surface area contributed by atoms with E-state index in [9.17, 15) is 4.79 Å². The van der Waals surface area contributed by atoms with Crippen molar-refractivity contribution in [1.29, 1.82) is 0 Å². The molecule has 1 aromatic carbocycles. The Labute approximate surface area is 114 Å². The minimum Gasteiger partial charge on any atom is -0.487 e. The Hall–Kier alpha value is -1.77. The quantitative estimate of drug-likeness (QED) is 0.617. The molecule has 0 bridgehead atoms. The summed E-state index contributed by atoms with van der Waals surface area (Å²) in [6.45, 7) is 8.09. The van der Waals surface area contributed by atoms with Gasteiger partial charge in [-0.1, -0.05) is 18.2 Å². The lowest BCUT2D eigenvalue weighted by Crippen LogP contribution is -2.24. The number of hydrogen-bond acceptors (Lipinski definition) is 3. The lowest BCUT2D eigenvalue weighted by atomic mass is 10.00. The highest BCUT2D eigenvalue weighted by Gasteiger charge is 2.31. The molecule has 0 saturated carbocycles. The van der Waals surface area contributed by atoms with Crippen molar-refractivity contribution in [2.75, 3.05) is 6.61 Å². The van der Waals surface area contributed by atoms with E-state index in [0.29, 0.717) is 12.2 Å². The number of para-hydroxylation sites is 1. The van der Waals surface area contributed by atoms with Gasteiger partial charge < -0.3 is 9.47 Å². The van der Waals surface area contributed by atoms with Gasteiger partial charge in [0.25, 0.3) is 0 Å². The van der Waals surface area contributed by atoms with E-state index in [-0.39, 0.29) is 11.6 Å². The Balaban J connectivity index is 2.31. The Morgan fingerprint density at radius 3 is 2.89 bits per heavy atom. The molecule has 19 heavy (non-hydrogen) atoms. The zero-order chi connectivity index (χ0) is 14.0. The fraction of sp³-hybridized carbons (Fsp3) is 0.438. The molecule has 0 amide bonds. The predicted octanol–water partition coefficient (Wildman–Crippen LogP) is 3.37. The number of carbonyl (C=O) groups is 1. The predicted molar refractivity (Wildman–Crippen MR) is 75.1 cm³/mol. The van der Waals surface area contributed by atoms with Crippen LogP contribution < -0.4 is 4.74 Å². The molecule has 0 N–H and O–H groups in total. The summed E-state index contributed by atoms with van der Waals surface area (Å²) in [6, 6.07) is 6.03. The number of hydrogen-bond donors (Lipinski definition) is 0. The maximum absolute atomic E-state index is 11.6. The maximum atomic E-state index is 11.6. The van der Waals surface area contributed by atoms with E-state index < -0.39 is 0 Å². The van der Waals surface area contributed by atoms with E-state index in [0.717, 1.165) is 17.7 Å². The average molecular weight is 260 g/mol. The molecule has 3 heteroatoms. The van der Waals surface area contributed by atoms with Crippen LogP contribution in [0.2, 0.25) is 0 Å². The topological polar surface area (TPSA) is 35.5 Å². The summed E-state index contributed by atoms with van der Waals surface area (Å²) in [6.07, 6.45) is 2.72. The summed E-state index contributed by atoms with van der Waals surface area (Å²) in [5.74, 6) is 0.605. The lowest BCUT2D eigenvalue weighted by molar-refractivity contribution is -0.138. The first-order valence-electron chi connectivity index (χ1n) is 6.59. The molecular formula is C16H20O3. The maximum Gasteiger partial charge on any atom is 0.333 e. The van der Waals surface area contributed by atoms with Crippen LogP contribution >= 0.6 is 0 Å². The molecular weight excluding hydrogens is 240 g/mol. The summed E-state index contributed by atoms with van der Waals surface area (Å²) in [4.78, 5) is 11.6. The third kappa shape index (κ3) is 2.98. The van der Waals surface area contributed by atoms with Crippen LogP contribution in [0.5, 0.6) is 5.75 Å². The average Bonchev–Trinajstić information content (AvgIpc) is 2.64. The van der Waals surface area contributed by atoms with Crippen LogP contribution in [0, 0.1) is 0 Å². The minimum atomic E-state index is -0.280. The summed E-state index contributed by atoms with van der Waals surface area (Å²) in [5, 5.41) is 0. The van der Waals surface area contributed by atoms with Gasteiger partial charge in [-0.2, -0.15) is 0 Å². The van der Waals surface area contributed by atoms with Gasteiger partial charge in [0.05, 0.1) is 6.61 Å². The smallest absolute Gasteiger partial charge is 0.333 e. The highest BCUT2D eigenvalue weighted by molar-refractivity contribution is 5.93. The summed E-state index contributed by atoms with van der Waals surface area (Å²) in [7, 11) is 0. The van der Waals surface area contributed by atoms with Crippen molar-refractivity contribution in [1.82, 2.24) is 0 Å². The lowest BCUT2D eigenvalue weighted by Gasteiger charge is -2.17. The molecule has 0 unspecified atom stereocenters. The van der Waals surface area contributed by atoms with Gasteiger partial charge in [-0.25, -0.2) is 4.79 Å². The Bertz CT molecular complexity index is 527. The molecule has 1 heterocycles. The normalized spacial score (nSPS) is 16.7. The van der Waals surface area contributed by atoms with Crippen LogP contribution in [0.1, 0.15) is 38.8 Å². The summed E-state index contributed by atoms with van der Waals surface area (Å²) in [5.41, 5.74) is 2.54. The molecule has 0 aliphatic carbocycles. The van der Waals surface area contributed by atoms with E-state index in [1.807, 2.05) is 18.2 Å². The first kappa shape index (κ1) is 13.7. The molecule has 3 nitrogen and oxygen atoms in total. The van der Waals surface area contributed by atoms with Crippen molar-refractivity contribution in [3.05, 3.63) is 34.9 Å². The van der Waals surface area contributed by atoms with Gasteiger partial charge in [-0.05, 0) is 39.3 Å². The first-order valence-corrected chi connectivity index (χ1v) is 6.59. The number of rotatable bonds is 3. The van der Waals surface area contributed by atoms with E-state index >= 15 is 0 Å². The van der Waals surface area contributed by atoms with Crippen molar-refractivity contribution in [3.63, 3.8) is 0 Å². The number of carbonyl (C=O) groups excluding carboxylic acids is 1. The first-order chi connectivity index (χ1) is 8.93. The highest BCUT2D eigenvalue weighted by Crippen LogP contribution is 2.38. The van der Waals surface area contributed by atoms with Crippen LogP contribution in [0.3, 0.4) is 0 Å².